The number of methoxy groups -OCH3 is 1. The molecular formula is C22H16ClN7O2S. The number of hydrogen-bond donors (Lipinski definition) is 3. The number of aromatic nitrogens is 5. The zero-order chi connectivity index (χ0) is 22.8. The third kappa shape index (κ3) is 4.34. The highest BCUT2D eigenvalue weighted by molar-refractivity contribution is 7.10. The van der Waals surface area contributed by atoms with E-state index in [2.05, 4.69) is 35.2 Å². The number of rotatable bonds is 6. The Morgan fingerprint density at radius 2 is 1.97 bits per heavy atom. The predicted octanol–water partition coefficient (Wildman–Crippen LogP) is 5.13. The Bertz CT molecular complexity index is 1450. The third-order valence-corrected chi connectivity index (χ3v) is 5.87. The SMILES string of the molecule is COc1ccc(C(=O)Nc2cncc(-c3nsc(Nc4ccc5[nH]ncc5c4Cl)n3)c2)cc1. The van der Waals surface area contributed by atoms with Crippen LogP contribution in [0.5, 0.6) is 5.75 Å². The summed E-state index contributed by atoms with van der Waals surface area (Å²) < 4.78 is 9.52. The summed E-state index contributed by atoms with van der Waals surface area (Å²) in [6.07, 6.45) is 4.88. The van der Waals surface area contributed by atoms with E-state index in [1.165, 1.54) is 11.5 Å². The summed E-state index contributed by atoms with van der Waals surface area (Å²) in [5.74, 6) is 0.908. The Balaban J connectivity index is 1.32. The lowest BCUT2D eigenvalue weighted by molar-refractivity contribution is 0.102. The molecule has 9 nitrogen and oxygen atoms in total. The summed E-state index contributed by atoms with van der Waals surface area (Å²) >= 11 is 7.66. The molecule has 11 heteroatoms. The average Bonchev–Trinajstić information content (AvgIpc) is 3.51. The lowest BCUT2D eigenvalue weighted by Gasteiger charge is -2.07. The van der Waals surface area contributed by atoms with Crippen LogP contribution < -0.4 is 15.4 Å². The zero-order valence-electron chi connectivity index (χ0n) is 17.2. The molecule has 0 unspecified atom stereocenters. The lowest BCUT2D eigenvalue weighted by atomic mass is 10.2. The molecule has 5 aromatic rings. The van der Waals surface area contributed by atoms with E-state index in [0.29, 0.717) is 44.2 Å². The molecule has 164 valence electrons. The minimum absolute atomic E-state index is 0.255. The van der Waals surface area contributed by atoms with Gasteiger partial charge in [0.2, 0.25) is 5.13 Å². The van der Waals surface area contributed by atoms with Crippen LogP contribution in [0.15, 0.2) is 61.1 Å². The Labute approximate surface area is 197 Å². The molecule has 0 saturated carbocycles. The van der Waals surface area contributed by atoms with Crippen molar-refractivity contribution in [1.82, 2.24) is 24.5 Å². The van der Waals surface area contributed by atoms with Crippen LogP contribution in [-0.2, 0) is 0 Å². The summed E-state index contributed by atoms with van der Waals surface area (Å²) in [4.78, 5) is 21.3. The number of ether oxygens (including phenoxy) is 1. The van der Waals surface area contributed by atoms with Crippen LogP contribution in [0.1, 0.15) is 10.4 Å². The molecule has 0 aliphatic heterocycles. The normalized spacial score (nSPS) is 10.8. The van der Waals surface area contributed by atoms with Crippen LogP contribution in [-0.4, -0.2) is 37.6 Å². The number of anilines is 3. The van der Waals surface area contributed by atoms with Gasteiger partial charge in [-0.3, -0.25) is 14.9 Å². The zero-order valence-corrected chi connectivity index (χ0v) is 18.7. The fraction of sp³-hybridized carbons (Fsp3) is 0.0455. The summed E-state index contributed by atoms with van der Waals surface area (Å²) in [5, 5.41) is 14.8. The smallest absolute Gasteiger partial charge is 0.255 e. The standard InChI is InChI=1S/C22H16ClN7O2S/c1-32-15-4-2-12(3-5-15)21(31)26-14-8-13(9-24-10-14)20-28-22(33-30-20)27-18-7-6-17-16(19(18)23)11-25-29-17/h2-11H,1H3,(H,25,29)(H,26,31)(H,27,28,30). The first-order valence-corrected chi connectivity index (χ1v) is 10.9. The second-order valence-electron chi connectivity index (χ2n) is 6.95. The molecule has 3 heterocycles. The topological polar surface area (TPSA) is 118 Å². The van der Waals surface area contributed by atoms with Crippen LogP contribution in [0, 0.1) is 0 Å². The van der Waals surface area contributed by atoms with E-state index in [0.717, 1.165) is 10.9 Å². The maximum Gasteiger partial charge on any atom is 0.255 e. The van der Waals surface area contributed by atoms with E-state index in [1.54, 1.807) is 56.0 Å². The molecule has 0 bridgehead atoms. The monoisotopic (exact) mass is 477 g/mol. The van der Waals surface area contributed by atoms with Gasteiger partial charge in [-0.25, -0.2) is 0 Å². The molecule has 0 saturated heterocycles. The molecule has 0 fully saturated rings. The highest BCUT2D eigenvalue weighted by Crippen LogP contribution is 2.33. The number of amides is 1. The molecule has 0 radical (unpaired) electrons. The van der Waals surface area contributed by atoms with Crippen LogP contribution in [0.3, 0.4) is 0 Å². The van der Waals surface area contributed by atoms with Crippen molar-refractivity contribution in [1.29, 1.82) is 0 Å². The number of nitrogens with one attached hydrogen (secondary N) is 3. The minimum Gasteiger partial charge on any atom is -0.497 e. The summed E-state index contributed by atoms with van der Waals surface area (Å²) in [5.41, 5.74) is 3.26. The molecule has 3 N–H and O–H groups in total. The summed E-state index contributed by atoms with van der Waals surface area (Å²) in [7, 11) is 1.58. The van der Waals surface area contributed by atoms with Crippen LogP contribution in [0.2, 0.25) is 5.02 Å². The Morgan fingerprint density at radius 3 is 2.79 bits per heavy atom. The van der Waals surface area contributed by atoms with E-state index in [-0.39, 0.29) is 5.91 Å². The van der Waals surface area contributed by atoms with Crippen LogP contribution in [0.25, 0.3) is 22.3 Å². The van der Waals surface area contributed by atoms with Gasteiger partial charge in [0.05, 0.1) is 41.4 Å². The van der Waals surface area contributed by atoms with Crippen molar-refractivity contribution in [2.75, 3.05) is 17.7 Å². The van der Waals surface area contributed by atoms with Crippen molar-refractivity contribution >= 4 is 56.4 Å². The number of pyridine rings is 1. The maximum absolute atomic E-state index is 12.5. The molecule has 5 rings (SSSR count). The number of fused-ring (bicyclic) bond motifs is 1. The number of aromatic amines is 1. The van der Waals surface area contributed by atoms with Crippen molar-refractivity contribution < 1.29 is 9.53 Å². The summed E-state index contributed by atoms with van der Waals surface area (Å²) in [6.45, 7) is 0. The molecule has 0 spiro atoms. The number of halogens is 1. The second-order valence-corrected chi connectivity index (χ2v) is 8.08. The Kier molecular flexibility index (Phi) is 5.59. The van der Waals surface area contributed by atoms with Crippen LogP contribution >= 0.6 is 23.1 Å². The van der Waals surface area contributed by atoms with E-state index in [4.69, 9.17) is 16.3 Å². The highest BCUT2D eigenvalue weighted by Gasteiger charge is 2.13. The first kappa shape index (κ1) is 20.9. The minimum atomic E-state index is -0.255. The molecule has 33 heavy (non-hydrogen) atoms. The fourth-order valence-corrected chi connectivity index (χ4v) is 4.03. The molecule has 0 aliphatic carbocycles. The van der Waals surface area contributed by atoms with Gasteiger partial charge in [-0.05, 0) is 42.5 Å². The van der Waals surface area contributed by atoms with Gasteiger partial charge < -0.3 is 15.4 Å². The van der Waals surface area contributed by atoms with Gasteiger partial charge in [0.15, 0.2) is 5.82 Å². The third-order valence-electron chi connectivity index (χ3n) is 4.83. The first-order chi connectivity index (χ1) is 16.1. The predicted molar refractivity (Wildman–Crippen MR) is 128 cm³/mol. The molecule has 2 aromatic carbocycles. The molecule has 1 amide bonds. The van der Waals surface area contributed by atoms with Gasteiger partial charge in [0, 0.05) is 34.2 Å². The molecule has 3 aromatic heterocycles. The van der Waals surface area contributed by atoms with Gasteiger partial charge in [0.25, 0.3) is 5.91 Å². The number of nitrogens with zero attached hydrogens (tertiary/aromatic N) is 4. The van der Waals surface area contributed by atoms with E-state index in [1.807, 2.05) is 12.1 Å². The largest absolute Gasteiger partial charge is 0.497 e. The summed E-state index contributed by atoms with van der Waals surface area (Å²) in [6, 6.07) is 12.3. The fourth-order valence-electron chi connectivity index (χ4n) is 3.16. The van der Waals surface area contributed by atoms with Crippen molar-refractivity contribution in [3.05, 3.63) is 71.6 Å². The molecule has 0 aliphatic rings. The molecular weight excluding hydrogens is 462 g/mol. The Morgan fingerprint density at radius 1 is 1.12 bits per heavy atom. The van der Waals surface area contributed by atoms with Crippen molar-refractivity contribution in [3.63, 3.8) is 0 Å². The van der Waals surface area contributed by atoms with Gasteiger partial charge in [-0.15, -0.1) is 0 Å². The van der Waals surface area contributed by atoms with Gasteiger partial charge in [-0.2, -0.15) is 14.5 Å². The lowest BCUT2D eigenvalue weighted by Crippen LogP contribution is -2.12. The maximum atomic E-state index is 12.5. The quantitative estimate of drug-likeness (QED) is 0.310. The second kappa shape index (κ2) is 8.85. The van der Waals surface area contributed by atoms with Crippen molar-refractivity contribution in [3.8, 4) is 17.1 Å². The van der Waals surface area contributed by atoms with Gasteiger partial charge >= 0.3 is 0 Å². The number of H-pyrrole nitrogens is 1. The number of carbonyl (C=O) groups is 1. The van der Waals surface area contributed by atoms with E-state index >= 15 is 0 Å². The average molecular weight is 478 g/mol. The van der Waals surface area contributed by atoms with Crippen molar-refractivity contribution in [2.24, 2.45) is 0 Å². The van der Waals surface area contributed by atoms with Crippen molar-refractivity contribution in [2.45, 2.75) is 0 Å². The van der Waals surface area contributed by atoms with E-state index < -0.39 is 0 Å². The first-order valence-electron chi connectivity index (χ1n) is 9.74. The highest BCUT2D eigenvalue weighted by atomic mass is 35.5. The van der Waals surface area contributed by atoms with E-state index in [9.17, 15) is 4.79 Å². The van der Waals surface area contributed by atoms with Crippen LogP contribution in [0.4, 0.5) is 16.5 Å². The molecule has 0 atom stereocenters. The van der Waals surface area contributed by atoms with Gasteiger partial charge in [-0.1, -0.05) is 11.6 Å². The number of benzene rings is 2. The number of carbonyl (C=O) groups excluding carboxylic acids is 1. The Hall–Kier alpha value is -4.02. The van der Waals surface area contributed by atoms with Gasteiger partial charge in [0.1, 0.15) is 5.75 Å². The number of hydrogen-bond acceptors (Lipinski definition) is 8.